The van der Waals surface area contributed by atoms with Crippen molar-refractivity contribution in [1.82, 2.24) is 5.32 Å². The molecule has 1 heterocycles. The molecule has 0 saturated carbocycles. The minimum Gasteiger partial charge on any atom is -0.454 e. The maximum Gasteiger partial charge on any atom is 0.255 e. The van der Waals surface area contributed by atoms with Gasteiger partial charge in [0.2, 0.25) is 6.79 Å². The van der Waals surface area contributed by atoms with Gasteiger partial charge in [-0.1, -0.05) is 30.3 Å². The van der Waals surface area contributed by atoms with Gasteiger partial charge >= 0.3 is 0 Å². The van der Waals surface area contributed by atoms with E-state index in [-0.39, 0.29) is 18.6 Å². The molecule has 1 aliphatic rings. The van der Waals surface area contributed by atoms with Gasteiger partial charge in [-0.3, -0.25) is 9.59 Å². The zero-order valence-electron chi connectivity index (χ0n) is 15.9. The maximum atomic E-state index is 12.6. The van der Waals surface area contributed by atoms with Gasteiger partial charge in [0.05, 0.1) is 0 Å². The molecule has 1 aliphatic heterocycles. The van der Waals surface area contributed by atoms with Gasteiger partial charge < -0.3 is 20.1 Å². The lowest BCUT2D eigenvalue weighted by Gasteiger charge is -2.10. The lowest BCUT2D eigenvalue weighted by atomic mass is 10.1. The number of aryl methyl sites for hydroxylation is 1. The van der Waals surface area contributed by atoms with Gasteiger partial charge in [0.1, 0.15) is 0 Å². The van der Waals surface area contributed by atoms with Crippen molar-refractivity contribution in [2.24, 2.45) is 0 Å². The fraction of sp³-hybridized carbons (Fsp3) is 0.130. The molecular formula is C23H20N2O4. The van der Waals surface area contributed by atoms with E-state index in [2.05, 4.69) is 10.6 Å². The van der Waals surface area contributed by atoms with Crippen LogP contribution in [0.5, 0.6) is 11.5 Å². The number of rotatable bonds is 5. The Hall–Kier alpha value is -3.80. The van der Waals surface area contributed by atoms with Crippen molar-refractivity contribution >= 4 is 17.5 Å². The molecule has 3 aromatic rings. The first-order valence-electron chi connectivity index (χ1n) is 9.24. The average molecular weight is 388 g/mol. The van der Waals surface area contributed by atoms with Crippen LogP contribution < -0.4 is 20.1 Å². The van der Waals surface area contributed by atoms with Crippen molar-refractivity contribution in [2.45, 2.75) is 13.5 Å². The van der Waals surface area contributed by atoms with Crippen molar-refractivity contribution < 1.29 is 19.1 Å². The highest BCUT2D eigenvalue weighted by atomic mass is 16.7. The summed E-state index contributed by atoms with van der Waals surface area (Å²) in [5.74, 6) is 0.858. The van der Waals surface area contributed by atoms with Crippen LogP contribution in [0.1, 0.15) is 31.8 Å². The second-order valence-electron chi connectivity index (χ2n) is 6.72. The summed E-state index contributed by atoms with van der Waals surface area (Å²) in [7, 11) is 0. The van der Waals surface area contributed by atoms with Crippen LogP contribution in [0.3, 0.4) is 0 Å². The number of hydrogen-bond acceptors (Lipinski definition) is 4. The Morgan fingerprint density at radius 3 is 2.45 bits per heavy atom. The summed E-state index contributed by atoms with van der Waals surface area (Å²) in [6.45, 7) is 2.48. The van der Waals surface area contributed by atoms with Gasteiger partial charge in [-0.2, -0.15) is 0 Å². The Morgan fingerprint density at radius 2 is 1.62 bits per heavy atom. The summed E-state index contributed by atoms with van der Waals surface area (Å²) < 4.78 is 10.6. The predicted molar refractivity (Wildman–Crippen MR) is 109 cm³/mol. The van der Waals surface area contributed by atoms with E-state index < -0.39 is 0 Å². The Bertz CT molecular complexity index is 1080. The highest BCUT2D eigenvalue weighted by Crippen LogP contribution is 2.32. The van der Waals surface area contributed by atoms with E-state index in [4.69, 9.17) is 9.47 Å². The Kier molecular flexibility index (Phi) is 5.16. The van der Waals surface area contributed by atoms with Crippen LogP contribution in [-0.4, -0.2) is 18.6 Å². The van der Waals surface area contributed by atoms with Crippen molar-refractivity contribution in [3.63, 3.8) is 0 Å². The molecule has 0 aromatic heterocycles. The number of para-hydroxylation sites is 1. The Morgan fingerprint density at radius 1 is 0.862 bits per heavy atom. The molecule has 0 fully saturated rings. The number of nitrogens with one attached hydrogen (secondary N) is 2. The number of ether oxygens (including phenoxy) is 2. The average Bonchev–Trinajstić information content (AvgIpc) is 3.21. The van der Waals surface area contributed by atoms with Crippen molar-refractivity contribution in [2.75, 3.05) is 12.1 Å². The third-order valence-electron chi connectivity index (χ3n) is 4.67. The van der Waals surface area contributed by atoms with Crippen LogP contribution in [-0.2, 0) is 6.54 Å². The van der Waals surface area contributed by atoms with Gasteiger partial charge in [-0.15, -0.1) is 0 Å². The lowest BCUT2D eigenvalue weighted by Crippen LogP contribution is -2.23. The molecule has 0 bridgehead atoms. The molecule has 0 aliphatic carbocycles. The summed E-state index contributed by atoms with van der Waals surface area (Å²) in [4.78, 5) is 25.1. The molecule has 146 valence electrons. The van der Waals surface area contributed by atoms with Gasteiger partial charge in [-0.05, 0) is 54.4 Å². The zero-order chi connectivity index (χ0) is 20.2. The summed E-state index contributed by atoms with van der Waals surface area (Å²) in [5.41, 5.74) is 3.46. The van der Waals surface area contributed by atoms with Crippen LogP contribution >= 0.6 is 0 Å². The van der Waals surface area contributed by atoms with Crippen LogP contribution in [0.15, 0.2) is 66.7 Å². The molecule has 0 unspecified atom stereocenters. The van der Waals surface area contributed by atoms with Gasteiger partial charge in [0, 0.05) is 23.4 Å². The minimum atomic E-state index is -0.260. The largest absolute Gasteiger partial charge is 0.454 e. The van der Waals surface area contributed by atoms with E-state index in [1.807, 2.05) is 49.4 Å². The third-order valence-corrected chi connectivity index (χ3v) is 4.67. The third kappa shape index (κ3) is 4.21. The minimum absolute atomic E-state index is 0.211. The molecule has 4 rings (SSSR count). The fourth-order valence-corrected chi connectivity index (χ4v) is 3.04. The molecular weight excluding hydrogens is 368 g/mol. The second kappa shape index (κ2) is 8.06. The van der Waals surface area contributed by atoms with Gasteiger partial charge in [0.15, 0.2) is 11.5 Å². The second-order valence-corrected chi connectivity index (χ2v) is 6.72. The van der Waals surface area contributed by atoms with Crippen LogP contribution in [0.25, 0.3) is 0 Å². The summed E-state index contributed by atoms with van der Waals surface area (Å²) in [6.07, 6.45) is 0. The quantitative estimate of drug-likeness (QED) is 0.695. The number of hydrogen-bond donors (Lipinski definition) is 2. The van der Waals surface area contributed by atoms with Crippen molar-refractivity contribution in [3.8, 4) is 11.5 Å². The first-order valence-corrected chi connectivity index (χ1v) is 9.24. The number of amides is 2. The van der Waals surface area contributed by atoms with Crippen LogP contribution in [0, 0.1) is 6.92 Å². The van der Waals surface area contributed by atoms with Crippen LogP contribution in [0.4, 0.5) is 5.69 Å². The van der Waals surface area contributed by atoms with E-state index in [1.165, 1.54) is 0 Å². The molecule has 0 saturated heterocycles. The van der Waals surface area contributed by atoms with Gasteiger partial charge in [0.25, 0.3) is 11.8 Å². The Balaban J connectivity index is 1.42. The molecule has 3 aromatic carbocycles. The number of carbonyl (C=O) groups is 2. The topological polar surface area (TPSA) is 76.7 Å². The van der Waals surface area contributed by atoms with E-state index in [9.17, 15) is 9.59 Å². The first-order chi connectivity index (χ1) is 14.1. The molecule has 2 N–H and O–H groups in total. The number of fused-ring (bicyclic) bond motifs is 1. The summed E-state index contributed by atoms with van der Waals surface area (Å²) in [6, 6.07) is 19.7. The Labute approximate surface area is 168 Å². The highest BCUT2D eigenvalue weighted by molar-refractivity contribution is 6.06. The first kappa shape index (κ1) is 18.6. The maximum absolute atomic E-state index is 12.6. The standard InChI is InChI=1S/C23H20N2O4/c1-15-5-2-3-8-19(15)25-23(27)18-7-4-6-17(12-18)22(26)24-13-16-9-10-20-21(11-16)29-14-28-20/h2-12H,13-14H2,1H3,(H,24,26)(H,25,27). The molecule has 0 spiro atoms. The summed E-state index contributed by atoms with van der Waals surface area (Å²) in [5, 5.41) is 5.74. The van der Waals surface area contributed by atoms with E-state index >= 15 is 0 Å². The zero-order valence-corrected chi connectivity index (χ0v) is 15.9. The molecule has 29 heavy (non-hydrogen) atoms. The fourth-order valence-electron chi connectivity index (χ4n) is 3.04. The SMILES string of the molecule is Cc1ccccc1NC(=O)c1cccc(C(=O)NCc2ccc3c(c2)OCO3)c1. The van der Waals surface area contributed by atoms with Crippen LogP contribution in [0.2, 0.25) is 0 Å². The molecule has 0 atom stereocenters. The lowest BCUT2D eigenvalue weighted by molar-refractivity contribution is 0.0951. The normalized spacial score (nSPS) is 11.8. The highest BCUT2D eigenvalue weighted by Gasteiger charge is 2.14. The molecule has 2 amide bonds. The molecule has 0 radical (unpaired) electrons. The van der Waals surface area contributed by atoms with E-state index in [0.717, 1.165) is 16.8 Å². The number of benzene rings is 3. The smallest absolute Gasteiger partial charge is 0.255 e. The predicted octanol–water partition coefficient (Wildman–Crippen LogP) is 3.91. The van der Waals surface area contributed by atoms with Gasteiger partial charge in [-0.25, -0.2) is 0 Å². The van der Waals surface area contributed by atoms with Crippen molar-refractivity contribution in [3.05, 3.63) is 89.0 Å². The molecule has 6 nitrogen and oxygen atoms in total. The van der Waals surface area contributed by atoms with Crippen molar-refractivity contribution in [1.29, 1.82) is 0 Å². The monoisotopic (exact) mass is 388 g/mol. The summed E-state index contributed by atoms with van der Waals surface area (Å²) >= 11 is 0. The van der Waals surface area contributed by atoms with E-state index in [1.54, 1.807) is 24.3 Å². The number of anilines is 1. The van der Waals surface area contributed by atoms with E-state index in [0.29, 0.717) is 29.2 Å². The molecule has 6 heteroatoms. The number of carbonyl (C=O) groups excluding carboxylic acids is 2.